The van der Waals surface area contributed by atoms with Crippen LogP contribution in [0.15, 0.2) is 33.8 Å². The summed E-state index contributed by atoms with van der Waals surface area (Å²) < 4.78 is 10.8. The number of ether oxygens (including phenoxy) is 2. The molecule has 2 aromatic rings. The van der Waals surface area contributed by atoms with Crippen LogP contribution in [0.25, 0.3) is 10.9 Å². The van der Waals surface area contributed by atoms with Crippen LogP contribution >= 0.6 is 27.7 Å². The number of fused-ring (bicyclic) bond motifs is 1. The number of halogens is 1. The zero-order valence-electron chi connectivity index (χ0n) is 11.3. The van der Waals surface area contributed by atoms with E-state index in [0.717, 1.165) is 25.8 Å². The van der Waals surface area contributed by atoms with Gasteiger partial charge in [0.15, 0.2) is 0 Å². The molecule has 1 atom stereocenters. The Bertz CT molecular complexity index is 648. The largest absolute Gasteiger partial charge is 0.466 e. The van der Waals surface area contributed by atoms with E-state index in [0.29, 0.717) is 0 Å². The molecule has 0 saturated carbocycles. The fourth-order valence-electron chi connectivity index (χ4n) is 1.85. The number of pyridine rings is 1. The van der Waals surface area contributed by atoms with Crippen LogP contribution in [-0.4, -0.2) is 30.6 Å². The number of aryl methyl sites for hydroxylation is 1. The molecule has 0 aliphatic carbocycles. The molecule has 0 amide bonds. The lowest BCUT2D eigenvalue weighted by Gasteiger charge is -2.13. The fraction of sp³-hybridized carbons (Fsp3) is 0.286. The van der Waals surface area contributed by atoms with Crippen LogP contribution in [-0.2, 0) is 14.3 Å². The lowest BCUT2D eigenvalue weighted by Crippen LogP contribution is -2.20. The number of hydrogen-bond acceptors (Lipinski definition) is 5. The van der Waals surface area contributed by atoms with Crippen LogP contribution in [0.1, 0.15) is 5.56 Å². The molecular formula is C14H14BrNO3S. The number of esters is 1. The second kappa shape index (κ2) is 6.56. The molecular weight excluding hydrogens is 342 g/mol. The van der Waals surface area contributed by atoms with Gasteiger partial charge in [0, 0.05) is 28.1 Å². The Morgan fingerprint density at radius 2 is 2.10 bits per heavy atom. The molecule has 1 heterocycles. The molecule has 0 radical (unpaired) electrons. The van der Waals surface area contributed by atoms with Crippen molar-refractivity contribution in [3.63, 3.8) is 0 Å². The Kier molecular flexibility index (Phi) is 5.01. The van der Waals surface area contributed by atoms with Gasteiger partial charge >= 0.3 is 5.97 Å². The first-order valence-electron chi connectivity index (χ1n) is 5.88. The van der Waals surface area contributed by atoms with Crippen molar-refractivity contribution < 1.29 is 14.3 Å². The van der Waals surface area contributed by atoms with Crippen molar-refractivity contribution >= 4 is 44.6 Å². The van der Waals surface area contributed by atoms with Crippen molar-refractivity contribution in [1.29, 1.82) is 0 Å². The summed E-state index contributed by atoms with van der Waals surface area (Å²) in [7, 11) is 2.84. The molecule has 0 spiro atoms. The first-order valence-corrected chi connectivity index (χ1v) is 7.55. The van der Waals surface area contributed by atoms with Gasteiger partial charge in [0.2, 0.25) is 5.44 Å². The van der Waals surface area contributed by atoms with Crippen molar-refractivity contribution in [3.8, 4) is 0 Å². The first-order chi connectivity index (χ1) is 9.55. The van der Waals surface area contributed by atoms with E-state index in [2.05, 4.69) is 20.9 Å². The Hall–Kier alpha value is -1.11. The van der Waals surface area contributed by atoms with E-state index in [9.17, 15) is 4.79 Å². The van der Waals surface area contributed by atoms with Gasteiger partial charge in [-0.15, -0.1) is 0 Å². The smallest absolute Gasteiger partial charge is 0.345 e. The standard InChI is InChI=1S/C14H14BrNO3S/c1-8-4-11(20-14(19-3)13(17)18-2)6-9-5-10(15)7-16-12(8)9/h4-7,14H,1-3H3. The summed E-state index contributed by atoms with van der Waals surface area (Å²) in [6.07, 6.45) is 1.77. The van der Waals surface area contributed by atoms with Gasteiger partial charge in [-0.25, -0.2) is 4.79 Å². The quantitative estimate of drug-likeness (QED) is 0.476. The van der Waals surface area contributed by atoms with Gasteiger partial charge in [-0.3, -0.25) is 4.98 Å². The normalized spacial score (nSPS) is 12.4. The monoisotopic (exact) mass is 355 g/mol. The van der Waals surface area contributed by atoms with Crippen LogP contribution in [0.5, 0.6) is 0 Å². The maximum absolute atomic E-state index is 11.6. The number of nitrogens with zero attached hydrogens (tertiary/aromatic N) is 1. The average molecular weight is 356 g/mol. The molecule has 1 aromatic heterocycles. The molecule has 4 nitrogen and oxygen atoms in total. The summed E-state index contributed by atoms with van der Waals surface area (Å²) in [5, 5.41) is 1.02. The van der Waals surface area contributed by atoms with E-state index in [1.54, 1.807) is 6.20 Å². The summed E-state index contributed by atoms with van der Waals surface area (Å²) in [6, 6.07) is 5.97. The third-order valence-electron chi connectivity index (χ3n) is 2.76. The molecule has 2 rings (SSSR count). The molecule has 0 aliphatic heterocycles. The zero-order chi connectivity index (χ0) is 14.7. The third kappa shape index (κ3) is 3.31. The van der Waals surface area contributed by atoms with Crippen LogP contribution in [0.3, 0.4) is 0 Å². The van der Waals surface area contributed by atoms with Gasteiger partial charge in [-0.1, -0.05) is 11.8 Å². The highest BCUT2D eigenvalue weighted by molar-refractivity contribution is 9.10. The van der Waals surface area contributed by atoms with E-state index in [1.165, 1.54) is 26.0 Å². The van der Waals surface area contributed by atoms with Crippen LogP contribution < -0.4 is 0 Å². The van der Waals surface area contributed by atoms with E-state index in [1.807, 2.05) is 25.1 Å². The number of carbonyl (C=O) groups is 1. The van der Waals surface area contributed by atoms with Crippen molar-refractivity contribution in [2.45, 2.75) is 17.3 Å². The Morgan fingerprint density at radius 3 is 2.75 bits per heavy atom. The van der Waals surface area contributed by atoms with Crippen LogP contribution in [0.4, 0.5) is 0 Å². The average Bonchev–Trinajstić information content (AvgIpc) is 2.43. The van der Waals surface area contributed by atoms with E-state index < -0.39 is 11.4 Å². The van der Waals surface area contributed by atoms with Crippen molar-refractivity contribution in [1.82, 2.24) is 4.98 Å². The molecule has 6 heteroatoms. The summed E-state index contributed by atoms with van der Waals surface area (Å²) in [5.41, 5.74) is 1.33. The summed E-state index contributed by atoms with van der Waals surface area (Å²) in [5.74, 6) is -0.400. The minimum absolute atomic E-state index is 0.400. The Labute approximate surface area is 130 Å². The first kappa shape index (κ1) is 15.3. The Morgan fingerprint density at radius 1 is 1.35 bits per heavy atom. The maximum atomic E-state index is 11.6. The zero-order valence-corrected chi connectivity index (χ0v) is 13.7. The minimum Gasteiger partial charge on any atom is -0.466 e. The van der Waals surface area contributed by atoms with Crippen molar-refractivity contribution in [2.75, 3.05) is 14.2 Å². The summed E-state index contributed by atoms with van der Waals surface area (Å²) >= 11 is 4.73. The lowest BCUT2D eigenvalue weighted by molar-refractivity contribution is -0.146. The molecule has 0 fully saturated rings. The molecule has 1 aromatic carbocycles. The number of benzene rings is 1. The molecule has 106 valence electrons. The van der Waals surface area contributed by atoms with E-state index in [4.69, 9.17) is 9.47 Å². The number of aromatic nitrogens is 1. The van der Waals surface area contributed by atoms with Crippen molar-refractivity contribution in [3.05, 3.63) is 34.4 Å². The van der Waals surface area contributed by atoms with Gasteiger partial charge in [-0.05, 0) is 46.6 Å². The molecule has 0 bridgehead atoms. The second-order valence-electron chi connectivity index (χ2n) is 4.17. The van der Waals surface area contributed by atoms with Gasteiger partial charge in [0.25, 0.3) is 0 Å². The predicted molar refractivity (Wildman–Crippen MR) is 82.9 cm³/mol. The van der Waals surface area contributed by atoms with Crippen molar-refractivity contribution in [2.24, 2.45) is 0 Å². The molecule has 0 aliphatic rings. The molecule has 0 N–H and O–H groups in total. The number of thioether (sulfide) groups is 1. The third-order valence-corrected chi connectivity index (χ3v) is 4.31. The van der Waals surface area contributed by atoms with Crippen LogP contribution in [0.2, 0.25) is 0 Å². The van der Waals surface area contributed by atoms with Crippen LogP contribution in [0, 0.1) is 6.92 Å². The second-order valence-corrected chi connectivity index (χ2v) is 6.23. The highest BCUT2D eigenvalue weighted by Crippen LogP contribution is 2.30. The predicted octanol–water partition coefficient (Wildman–Crippen LogP) is 3.54. The number of hydrogen-bond donors (Lipinski definition) is 0. The van der Waals surface area contributed by atoms with Gasteiger partial charge in [0.05, 0.1) is 12.6 Å². The Balaban J connectivity index is 2.37. The number of rotatable bonds is 4. The molecule has 1 unspecified atom stereocenters. The number of methoxy groups -OCH3 is 2. The minimum atomic E-state index is -0.669. The lowest BCUT2D eigenvalue weighted by atomic mass is 10.1. The highest BCUT2D eigenvalue weighted by atomic mass is 79.9. The fourth-order valence-corrected chi connectivity index (χ4v) is 3.18. The maximum Gasteiger partial charge on any atom is 0.345 e. The van der Waals surface area contributed by atoms with E-state index in [-0.39, 0.29) is 0 Å². The van der Waals surface area contributed by atoms with Gasteiger partial charge in [0.1, 0.15) is 0 Å². The topological polar surface area (TPSA) is 48.4 Å². The summed E-state index contributed by atoms with van der Waals surface area (Å²) in [6.45, 7) is 1.99. The SMILES string of the molecule is COC(=O)C(OC)Sc1cc(C)c2ncc(Br)cc2c1. The summed E-state index contributed by atoms with van der Waals surface area (Å²) in [4.78, 5) is 16.9. The van der Waals surface area contributed by atoms with Gasteiger partial charge < -0.3 is 9.47 Å². The highest BCUT2D eigenvalue weighted by Gasteiger charge is 2.20. The van der Waals surface area contributed by atoms with E-state index >= 15 is 0 Å². The number of carbonyl (C=O) groups excluding carboxylic acids is 1. The molecule has 20 heavy (non-hydrogen) atoms. The van der Waals surface area contributed by atoms with Gasteiger partial charge in [-0.2, -0.15) is 0 Å². The molecule has 0 saturated heterocycles.